The van der Waals surface area contributed by atoms with Gasteiger partial charge in [-0.25, -0.2) is 4.79 Å². The van der Waals surface area contributed by atoms with Crippen LogP contribution in [0.4, 0.5) is 0 Å². The number of carboxylic acids is 1. The minimum absolute atomic E-state index is 0. The van der Waals surface area contributed by atoms with E-state index in [0.717, 1.165) is 23.1 Å². The van der Waals surface area contributed by atoms with Gasteiger partial charge in [-0.2, -0.15) is 11.8 Å². The number of carbonyl (C=O) groups excluding carboxylic acids is 1. The van der Waals surface area contributed by atoms with E-state index in [4.69, 9.17) is 0 Å². The molecule has 3 aromatic rings. The standard InChI is InChI=1S/C32H37NO3S.Li.H/c1-22-8-6-7-11-27(22)29-21-24(14-17-28(29)31(34)33-30(32(35)36)18-19-37-2)20-23-12-15-26(16-13-23)25-9-4-3-5-10-25;;/h3-11,14,17,21,23,26,30H,12-13,15-16,18-20H2,1-2H3,(H,33,34)(H,35,36);;/q;+1;-1. The van der Waals surface area contributed by atoms with Gasteiger partial charge in [-0.1, -0.05) is 66.7 Å². The molecule has 1 saturated carbocycles. The van der Waals surface area contributed by atoms with E-state index in [9.17, 15) is 14.7 Å². The zero-order chi connectivity index (χ0) is 26.2. The van der Waals surface area contributed by atoms with Gasteiger partial charge in [0.25, 0.3) is 5.91 Å². The van der Waals surface area contributed by atoms with Crippen LogP contribution in [0.15, 0.2) is 72.8 Å². The average molecular weight is 524 g/mol. The Balaban J connectivity index is 0.00000267. The molecular weight excluding hydrogens is 485 g/mol. The Kier molecular flexibility index (Phi) is 11.6. The largest absolute Gasteiger partial charge is 1.00 e. The van der Waals surface area contributed by atoms with Gasteiger partial charge in [-0.3, -0.25) is 4.79 Å². The molecule has 196 valence electrons. The van der Waals surface area contributed by atoms with Gasteiger partial charge in [0, 0.05) is 5.56 Å². The summed E-state index contributed by atoms with van der Waals surface area (Å²) in [5, 5.41) is 12.4. The summed E-state index contributed by atoms with van der Waals surface area (Å²) < 4.78 is 0. The summed E-state index contributed by atoms with van der Waals surface area (Å²) in [7, 11) is 0. The first-order valence-corrected chi connectivity index (χ1v) is 14.6. The third-order valence-electron chi connectivity index (χ3n) is 7.62. The third-order valence-corrected chi connectivity index (χ3v) is 8.26. The molecule has 0 spiro atoms. The number of amides is 1. The van der Waals surface area contributed by atoms with E-state index in [2.05, 4.69) is 47.8 Å². The van der Waals surface area contributed by atoms with Crippen molar-refractivity contribution in [2.45, 2.75) is 57.4 Å². The van der Waals surface area contributed by atoms with Crippen LogP contribution in [0.2, 0.25) is 0 Å². The van der Waals surface area contributed by atoms with E-state index in [1.807, 2.05) is 43.5 Å². The minimum atomic E-state index is -0.998. The number of thioether (sulfide) groups is 1. The number of carbonyl (C=O) groups is 2. The SMILES string of the molecule is CSCCC(NC(=O)c1ccc(CC2CCC(c3ccccc3)CC2)cc1-c1ccccc1C)C(=O)O.[H-].[Li+]. The van der Waals surface area contributed by atoms with E-state index in [0.29, 0.717) is 29.6 Å². The summed E-state index contributed by atoms with van der Waals surface area (Å²) in [6.07, 6.45) is 8.16. The van der Waals surface area contributed by atoms with Crippen LogP contribution in [0.5, 0.6) is 0 Å². The van der Waals surface area contributed by atoms with Crippen molar-refractivity contribution in [1.82, 2.24) is 5.32 Å². The molecule has 0 bridgehead atoms. The number of hydrogen-bond donors (Lipinski definition) is 2. The summed E-state index contributed by atoms with van der Waals surface area (Å²) in [5.74, 6) is 0.628. The summed E-state index contributed by atoms with van der Waals surface area (Å²) in [6.45, 7) is 2.05. The monoisotopic (exact) mass is 523 g/mol. The molecule has 0 aromatic heterocycles. The van der Waals surface area contributed by atoms with Gasteiger partial charge in [-0.15, -0.1) is 0 Å². The Morgan fingerprint density at radius 2 is 1.66 bits per heavy atom. The van der Waals surface area contributed by atoms with Crippen LogP contribution in [0.3, 0.4) is 0 Å². The number of nitrogens with one attached hydrogen (secondary N) is 1. The van der Waals surface area contributed by atoms with E-state index < -0.39 is 12.0 Å². The molecule has 0 radical (unpaired) electrons. The van der Waals surface area contributed by atoms with Crippen molar-refractivity contribution in [3.05, 3.63) is 95.1 Å². The quantitative estimate of drug-likeness (QED) is 0.391. The maximum absolute atomic E-state index is 13.3. The van der Waals surface area contributed by atoms with Gasteiger partial charge in [-0.05, 0) is 103 Å². The molecule has 4 nitrogen and oxygen atoms in total. The number of rotatable bonds is 10. The van der Waals surface area contributed by atoms with Crippen molar-refractivity contribution in [1.29, 1.82) is 0 Å². The van der Waals surface area contributed by atoms with Crippen molar-refractivity contribution < 1.29 is 35.0 Å². The normalized spacial score (nSPS) is 17.7. The molecule has 1 fully saturated rings. The van der Waals surface area contributed by atoms with Crippen LogP contribution in [-0.4, -0.2) is 35.0 Å². The molecule has 0 aliphatic heterocycles. The first-order valence-electron chi connectivity index (χ1n) is 13.2. The Labute approximate surface area is 244 Å². The first-order chi connectivity index (χ1) is 18.0. The summed E-state index contributed by atoms with van der Waals surface area (Å²) in [5.41, 5.74) is 6.19. The molecule has 1 aliphatic carbocycles. The van der Waals surface area contributed by atoms with Gasteiger partial charge >= 0.3 is 24.8 Å². The molecule has 1 aliphatic rings. The van der Waals surface area contributed by atoms with Crippen molar-refractivity contribution in [3.8, 4) is 11.1 Å². The fraction of sp³-hybridized carbons (Fsp3) is 0.375. The topological polar surface area (TPSA) is 66.4 Å². The van der Waals surface area contributed by atoms with Crippen LogP contribution < -0.4 is 24.2 Å². The smallest absolute Gasteiger partial charge is 1.00 e. The van der Waals surface area contributed by atoms with Crippen LogP contribution in [0.1, 0.15) is 66.5 Å². The van der Waals surface area contributed by atoms with Gasteiger partial charge in [0.05, 0.1) is 0 Å². The molecule has 38 heavy (non-hydrogen) atoms. The summed E-state index contributed by atoms with van der Waals surface area (Å²) in [4.78, 5) is 25.1. The number of carboxylic acid groups (broad SMARTS) is 1. The molecule has 0 heterocycles. The Bertz CT molecular complexity index is 1220. The number of aryl methyl sites for hydroxylation is 1. The van der Waals surface area contributed by atoms with Crippen molar-refractivity contribution in [2.75, 3.05) is 12.0 Å². The second-order valence-corrected chi connectivity index (χ2v) is 11.2. The fourth-order valence-electron chi connectivity index (χ4n) is 5.50. The maximum Gasteiger partial charge on any atom is 1.00 e. The molecule has 1 atom stereocenters. The molecule has 2 N–H and O–H groups in total. The van der Waals surface area contributed by atoms with Crippen LogP contribution in [0, 0.1) is 12.8 Å². The van der Waals surface area contributed by atoms with Crippen molar-refractivity contribution in [3.63, 3.8) is 0 Å². The van der Waals surface area contributed by atoms with Crippen molar-refractivity contribution >= 4 is 23.6 Å². The van der Waals surface area contributed by atoms with E-state index >= 15 is 0 Å². The third kappa shape index (κ3) is 7.79. The maximum atomic E-state index is 13.3. The molecular formula is C32H38LiNO3S. The molecule has 6 heteroatoms. The predicted octanol–water partition coefficient (Wildman–Crippen LogP) is 4.23. The van der Waals surface area contributed by atoms with Crippen LogP contribution in [0.25, 0.3) is 11.1 Å². The number of benzene rings is 3. The number of aliphatic carboxylic acids is 1. The number of hydrogen-bond acceptors (Lipinski definition) is 3. The second-order valence-electron chi connectivity index (χ2n) is 10.2. The minimum Gasteiger partial charge on any atom is -1.00 e. The van der Waals surface area contributed by atoms with Gasteiger partial charge in [0.15, 0.2) is 0 Å². The molecule has 0 saturated heterocycles. The van der Waals surface area contributed by atoms with E-state index in [1.54, 1.807) is 11.8 Å². The first kappa shape index (κ1) is 30.1. The molecule has 1 unspecified atom stereocenters. The van der Waals surface area contributed by atoms with Gasteiger partial charge in [0.2, 0.25) is 0 Å². The Morgan fingerprint density at radius 1 is 0.974 bits per heavy atom. The average Bonchev–Trinajstić information content (AvgIpc) is 2.92. The van der Waals surface area contributed by atoms with Crippen LogP contribution >= 0.6 is 11.8 Å². The van der Waals surface area contributed by atoms with Gasteiger partial charge in [0.1, 0.15) is 6.04 Å². The summed E-state index contributed by atoms with van der Waals surface area (Å²) in [6, 6.07) is 24.1. The van der Waals surface area contributed by atoms with Crippen molar-refractivity contribution in [2.24, 2.45) is 5.92 Å². The van der Waals surface area contributed by atoms with Gasteiger partial charge < -0.3 is 11.8 Å². The second kappa shape index (κ2) is 14.6. The van der Waals surface area contributed by atoms with Crippen LogP contribution in [-0.2, 0) is 11.2 Å². The molecule has 3 aromatic carbocycles. The summed E-state index contributed by atoms with van der Waals surface area (Å²) >= 11 is 1.57. The Morgan fingerprint density at radius 3 is 2.32 bits per heavy atom. The zero-order valence-electron chi connectivity index (χ0n) is 23.8. The van der Waals surface area contributed by atoms with E-state index in [1.165, 1.54) is 36.8 Å². The fourth-order valence-corrected chi connectivity index (χ4v) is 5.97. The molecule has 1 amide bonds. The van der Waals surface area contributed by atoms with E-state index in [-0.39, 0.29) is 26.2 Å². The predicted molar refractivity (Wildman–Crippen MR) is 154 cm³/mol. The zero-order valence-corrected chi connectivity index (χ0v) is 23.6. The Hall–Kier alpha value is -2.45. The molecule has 4 rings (SSSR count).